The molecule has 2 N–H and O–H groups in total. The van der Waals surface area contributed by atoms with Crippen LogP contribution in [-0.2, 0) is 16.0 Å². The van der Waals surface area contributed by atoms with E-state index in [1.165, 1.54) is 12.3 Å². The molecule has 1 saturated heterocycles. The average molecular weight is 572 g/mol. The van der Waals surface area contributed by atoms with Gasteiger partial charge in [0.15, 0.2) is 0 Å². The van der Waals surface area contributed by atoms with Crippen molar-refractivity contribution >= 4 is 41.5 Å². The molecule has 3 aromatic carbocycles. The van der Waals surface area contributed by atoms with E-state index in [-0.39, 0.29) is 11.8 Å². The fraction of sp³-hybridized carbons (Fsp3) is 0.147. The summed E-state index contributed by atoms with van der Waals surface area (Å²) in [6.07, 6.45) is 5.00. The second-order valence-electron chi connectivity index (χ2n) is 9.98. The number of carbonyl (C=O) groups is 2. The summed E-state index contributed by atoms with van der Waals surface area (Å²) in [4.78, 5) is 41.9. The normalized spacial score (nSPS) is 13.3. The second kappa shape index (κ2) is 13.9. The highest BCUT2D eigenvalue weighted by Gasteiger charge is 2.22. The molecule has 1 aromatic heterocycles. The molecule has 1 aliphatic heterocycles. The van der Waals surface area contributed by atoms with E-state index < -0.39 is 0 Å². The lowest BCUT2D eigenvalue weighted by atomic mass is 10.1. The zero-order valence-electron chi connectivity index (χ0n) is 23.8. The summed E-state index contributed by atoms with van der Waals surface area (Å²) in [7, 11) is 0. The first kappa shape index (κ1) is 28.9. The zero-order chi connectivity index (χ0) is 30.0. The quantitative estimate of drug-likeness (QED) is 0.148. The van der Waals surface area contributed by atoms with Crippen LogP contribution in [0.15, 0.2) is 121 Å². The molecule has 1 aliphatic rings. The smallest absolute Gasteiger partial charge is 0.255 e. The van der Waals surface area contributed by atoms with Crippen molar-refractivity contribution in [2.45, 2.75) is 6.42 Å². The Kier molecular flexibility index (Phi) is 9.33. The number of nitrogens with one attached hydrogen (secondary N) is 2. The summed E-state index contributed by atoms with van der Waals surface area (Å²) in [5.41, 5.74) is 5.77. The minimum atomic E-state index is -0.0784. The maximum atomic E-state index is 12.6. The van der Waals surface area contributed by atoms with Crippen LogP contribution in [0.1, 0.15) is 5.56 Å². The maximum Gasteiger partial charge on any atom is 0.255 e. The number of hydrogen-bond donors (Lipinski definition) is 2. The van der Waals surface area contributed by atoms with Gasteiger partial charge in [-0.1, -0.05) is 55.1 Å². The number of carbonyl (C=O) groups excluding carboxylic acids is 2. The number of piperazine rings is 1. The molecule has 0 bridgehead atoms. The van der Waals surface area contributed by atoms with Gasteiger partial charge < -0.3 is 20.4 Å². The second-order valence-corrected chi connectivity index (χ2v) is 9.98. The lowest BCUT2D eigenvalue weighted by Gasteiger charge is -2.36. The monoisotopic (exact) mass is 571 g/mol. The Balaban J connectivity index is 1.15. The summed E-state index contributed by atoms with van der Waals surface area (Å²) in [5, 5.41) is 6.22. The molecule has 43 heavy (non-hydrogen) atoms. The molecular formula is C34H33N7O2. The SMILES string of the molecule is C=C/C(=C\N=C)C(=O)N1CCN(c2ccc(Nc3nccc(-c4ccc(NC(=O)Cc5ccccc5)cc4)n3)cc2)CC1. The van der Waals surface area contributed by atoms with Crippen LogP contribution in [-0.4, -0.2) is 59.6 Å². The number of amides is 2. The number of nitrogens with zero attached hydrogens (tertiary/aromatic N) is 5. The number of aliphatic imine (C=N–C) groups is 1. The van der Waals surface area contributed by atoms with E-state index in [1.807, 2.05) is 89.8 Å². The van der Waals surface area contributed by atoms with Gasteiger partial charge in [-0.3, -0.25) is 14.6 Å². The maximum absolute atomic E-state index is 12.6. The molecule has 0 radical (unpaired) electrons. The van der Waals surface area contributed by atoms with Gasteiger partial charge in [-0.15, -0.1) is 0 Å². The molecule has 0 aliphatic carbocycles. The van der Waals surface area contributed by atoms with E-state index in [1.54, 1.807) is 6.20 Å². The van der Waals surface area contributed by atoms with Gasteiger partial charge in [-0.2, -0.15) is 0 Å². The predicted molar refractivity (Wildman–Crippen MR) is 173 cm³/mol. The first-order valence-corrected chi connectivity index (χ1v) is 14.0. The molecule has 0 spiro atoms. The van der Waals surface area contributed by atoms with E-state index in [0.29, 0.717) is 31.0 Å². The topological polar surface area (TPSA) is 103 Å². The van der Waals surface area contributed by atoms with Crippen LogP contribution in [0.5, 0.6) is 0 Å². The summed E-state index contributed by atoms with van der Waals surface area (Å²) < 4.78 is 0. The summed E-state index contributed by atoms with van der Waals surface area (Å²) in [6, 6.07) is 27.2. The number of anilines is 4. The highest BCUT2D eigenvalue weighted by atomic mass is 16.2. The van der Waals surface area contributed by atoms with Crippen molar-refractivity contribution < 1.29 is 9.59 Å². The van der Waals surface area contributed by atoms with Gasteiger partial charge in [-0.05, 0) is 54.7 Å². The molecule has 5 rings (SSSR count). The number of benzene rings is 3. The highest BCUT2D eigenvalue weighted by molar-refractivity contribution is 5.96. The minimum Gasteiger partial charge on any atom is -0.368 e. The van der Waals surface area contributed by atoms with Gasteiger partial charge in [0.2, 0.25) is 11.9 Å². The van der Waals surface area contributed by atoms with Crippen molar-refractivity contribution in [3.63, 3.8) is 0 Å². The van der Waals surface area contributed by atoms with Crippen LogP contribution in [0.25, 0.3) is 11.3 Å². The summed E-state index contributed by atoms with van der Waals surface area (Å²) in [6.45, 7) is 9.80. The first-order chi connectivity index (χ1) is 21.0. The Morgan fingerprint density at radius 3 is 2.26 bits per heavy atom. The van der Waals surface area contributed by atoms with Crippen molar-refractivity contribution in [1.82, 2.24) is 14.9 Å². The van der Waals surface area contributed by atoms with Crippen LogP contribution < -0.4 is 15.5 Å². The third kappa shape index (κ3) is 7.59. The largest absolute Gasteiger partial charge is 0.368 e. The van der Waals surface area contributed by atoms with Crippen molar-refractivity contribution in [1.29, 1.82) is 0 Å². The van der Waals surface area contributed by atoms with Crippen LogP contribution in [0.4, 0.5) is 23.0 Å². The Labute approximate surface area is 251 Å². The highest BCUT2D eigenvalue weighted by Crippen LogP contribution is 2.24. The molecule has 216 valence electrons. The van der Waals surface area contributed by atoms with Crippen molar-refractivity contribution in [3.05, 3.63) is 121 Å². The first-order valence-electron chi connectivity index (χ1n) is 14.0. The molecular weight excluding hydrogens is 538 g/mol. The van der Waals surface area contributed by atoms with Crippen LogP contribution in [0, 0.1) is 0 Å². The van der Waals surface area contributed by atoms with E-state index in [9.17, 15) is 9.59 Å². The van der Waals surface area contributed by atoms with Crippen LogP contribution in [0.2, 0.25) is 0 Å². The standard InChI is InChI=1S/C34H33N7O2/c1-3-26(24-35-2)33(43)41-21-19-40(20-22-41)30-15-13-29(14-16-30)38-34-36-18-17-31(39-34)27-9-11-28(12-10-27)37-32(42)23-25-7-5-4-6-8-25/h3-18,24H,1-2,19-23H2,(H,37,42)(H,36,38,39)/b26-24+. The molecule has 2 heterocycles. The molecule has 9 nitrogen and oxygen atoms in total. The average Bonchev–Trinajstić information content (AvgIpc) is 3.05. The molecule has 1 fully saturated rings. The Hall–Kier alpha value is -5.57. The molecule has 0 saturated carbocycles. The summed E-state index contributed by atoms with van der Waals surface area (Å²) >= 11 is 0. The number of aromatic nitrogens is 2. The molecule has 2 amide bonds. The fourth-order valence-electron chi connectivity index (χ4n) is 4.82. The Bertz CT molecular complexity index is 1610. The third-order valence-electron chi connectivity index (χ3n) is 7.08. The minimum absolute atomic E-state index is 0.0626. The van der Waals surface area contributed by atoms with Crippen molar-refractivity contribution in [2.24, 2.45) is 4.99 Å². The van der Waals surface area contributed by atoms with Crippen molar-refractivity contribution in [3.8, 4) is 11.3 Å². The van der Waals surface area contributed by atoms with E-state index in [2.05, 4.69) is 43.8 Å². The molecule has 9 heteroatoms. The summed E-state index contributed by atoms with van der Waals surface area (Å²) in [5.74, 6) is 0.343. The fourth-order valence-corrected chi connectivity index (χ4v) is 4.82. The Morgan fingerprint density at radius 2 is 1.58 bits per heavy atom. The molecule has 0 unspecified atom stereocenters. The van der Waals surface area contributed by atoms with Gasteiger partial charge in [0, 0.05) is 61.2 Å². The number of rotatable bonds is 10. The zero-order valence-corrected chi connectivity index (χ0v) is 23.8. The third-order valence-corrected chi connectivity index (χ3v) is 7.08. The van der Waals surface area contributed by atoms with Gasteiger partial charge in [-0.25, -0.2) is 9.97 Å². The molecule has 4 aromatic rings. The molecule has 0 atom stereocenters. The van der Waals surface area contributed by atoms with E-state index in [4.69, 9.17) is 0 Å². The lowest BCUT2D eigenvalue weighted by molar-refractivity contribution is -0.127. The van der Waals surface area contributed by atoms with E-state index >= 15 is 0 Å². The van der Waals surface area contributed by atoms with Crippen LogP contribution >= 0.6 is 0 Å². The number of hydrogen-bond acceptors (Lipinski definition) is 7. The van der Waals surface area contributed by atoms with Crippen LogP contribution in [0.3, 0.4) is 0 Å². The van der Waals surface area contributed by atoms with Gasteiger partial charge >= 0.3 is 0 Å². The Morgan fingerprint density at radius 1 is 0.884 bits per heavy atom. The van der Waals surface area contributed by atoms with Gasteiger partial charge in [0.05, 0.1) is 17.7 Å². The van der Waals surface area contributed by atoms with Crippen molar-refractivity contribution in [2.75, 3.05) is 41.7 Å². The van der Waals surface area contributed by atoms with Gasteiger partial charge in [0.25, 0.3) is 5.91 Å². The lowest BCUT2D eigenvalue weighted by Crippen LogP contribution is -2.49. The predicted octanol–water partition coefficient (Wildman–Crippen LogP) is 5.49. The van der Waals surface area contributed by atoms with Gasteiger partial charge in [0.1, 0.15) is 0 Å². The van der Waals surface area contributed by atoms with E-state index in [0.717, 1.165) is 47.0 Å².